The lowest BCUT2D eigenvalue weighted by Gasteiger charge is -2.14. The van der Waals surface area contributed by atoms with Crippen LogP contribution in [0.15, 0.2) is 50.8 Å². The van der Waals surface area contributed by atoms with Crippen LogP contribution in [0.3, 0.4) is 0 Å². The summed E-state index contributed by atoms with van der Waals surface area (Å²) >= 11 is 18.8. The number of nitrogen functional groups attached to an aromatic ring is 1. The summed E-state index contributed by atoms with van der Waals surface area (Å²) < 4.78 is 6.68. The van der Waals surface area contributed by atoms with Gasteiger partial charge in [-0.05, 0) is 42.3 Å². The molecule has 4 aromatic rings. The fourth-order valence-corrected chi connectivity index (χ4v) is 3.61. The van der Waals surface area contributed by atoms with Gasteiger partial charge in [-0.2, -0.15) is 4.68 Å². The highest BCUT2D eigenvalue weighted by atomic mass is 35.5. The first-order valence-electron chi connectivity index (χ1n) is 9.16. The molecule has 0 fully saturated rings. The van der Waals surface area contributed by atoms with Crippen LogP contribution in [0.1, 0.15) is 5.56 Å². The number of aryl methyl sites for hydroxylation is 1. The molecule has 0 spiro atoms. The van der Waals surface area contributed by atoms with Gasteiger partial charge in [-0.25, -0.2) is 9.89 Å². The number of nitrogens with two attached hydrogens (primary N) is 1. The number of nitrogens with one attached hydrogen (secondary N) is 2. The second-order valence-corrected chi connectivity index (χ2v) is 8.03. The Morgan fingerprint density at radius 2 is 1.70 bits per heavy atom. The van der Waals surface area contributed by atoms with Gasteiger partial charge in [0, 0.05) is 11.1 Å². The van der Waals surface area contributed by atoms with Gasteiger partial charge in [0.2, 0.25) is 11.7 Å². The van der Waals surface area contributed by atoms with Crippen molar-refractivity contribution in [2.75, 3.05) is 5.73 Å². The van der Waals surface area contributed by atoms with Crippen LogP contribution in [-0.4, -0.2) is 25.0 Å². The number of ether oxygens (including phenoxy) is 1. The normalized spacial score (nSPS) is 10.9. The van der Waals surface area contributed by atoms with Gasteiger partial charge in [0.25, 0.3) is 11.1 Å². The lowest BCUT2D eigenvalue weighted by Crippen LogP contribution is -2.33. The minimum Gasteiger partial charge on any atom is -0.434 e. The number of nitrogens with zero attached hydrogens (tertiary/aromatic N) is 3. The third kappa shape index (κ3) is 4.49. The maximum atomic E-state index is 12.1. The average molecular weight is 508 g/mol. The molecule has 0 saturated carbocycles. The summed E-state index contributed by atoms with van der Waals surface area (Å²) in [6, 6.07) is 9.17. The van der Waals surface area contributed by atoms with Crippen molar-refractivity contribution in [1.82, 2.24) is 25.0 Å². The molecule has 0 aliphatic carbocycles. The molecule has 168 valence electrons. The molecule has 10 nitrogen and oxygen atoms in total. The largest absolute Gasteiger partial charge is 0.434 e. The van der Waals surface area contributed by atoms with Gasteiger partial charge in [0.05, 0.1) is 21.3 Å². The molecule has 2 aromatic heterocycles. The molecule has 2 heterocycles. The SMILES string of the molecule is Cc1cc(-c2cc(=O)[nH]nc2Oc2c(Cl)cc(-n3nc(N)c(=O)[nH]c3=O)cc2Cl)ccc1Cl. The van der Waals surface area contributed by atoms with Crippen molar-refractivity contribution in [2.45, 2.75) is 6.92 Å². The number of anilines is 1. The van der Waals surface area contributed by atoms with Crippen LogP contribution in [0.2, 0.25) is 15.1 Å². The second-order valence-electron chi connectivity index (χ2n) is 6.81. The first-order chi connectivity index (χ1) is 15.6. The van der Waals surface area contributed by atoms with Crippen molar-refractivity contribution in [1.29, 1.82) is 0 Å². The van der Waals surface area contributed by atoms with E-state index in [0.717, 1.165) is 10.2 Å². The topological polar surface area (TPSA) is 149 Å². The summed E-state index contributed by atoms with van der Waals surface area (Å²) in [6.45, 7) is 1.82. The predicted molar refractivity (Wildman–Crippen MR) is 125 cm³/mol. The molecule has 4 N–H and O–H groups in total. The molecular formula is C20H13Cl3N6O4. The Hall–Kier alpha value is -3.60. The van der Waals surface area contributed by atoms with E-state index < -0.39 is 22.6 Å². The number of hydrogen-bond acceptors (Lipinski definition) is 7. The second kappa shape index (κ2) is 8.74. The number of H-pyrrole nitrogens is 2. The van der Waals surface area contributed by atoms with Crippen molar-refractivity contribution in [3.8, 4) is 28.4 Å². The number of hydrogen-bond donors (Lipinski definition) is 3. The highest BCUT2D eigenvalue weighted by Crippen LogP contribution is 2.40. The summed E-state index contributed by atoms with van der Waals surface area (Å²) in [4.78, 5) is 37.5. The summed E-state index contributed by atoms with van der Waals surface area (Å²) in [5.41, 5.74) is 5.32. The Morgan fingerprint density at radius 3 is 2.36 bits per heavy atom. The summed E-state index contributed by atoms with van der Waals surface area (Å²) in [6.07, 6.45) is 0. The van der Waals surface area contributed by atoms with E-state index in [4.69, 9.17) is 45.3 Å². The molecule has 4 rings (SSSR count). The number of rotatable bonds is 4. The van der Waals surface area contributed by atoms with Crippen molar-refractivity contribution in [3.63, 3.8) is 0 Å². The Balaban J connectivity index is 1.79. The Morgan fingerprint density at radius 1 is 1.00 bits per heavy atom. The minimum absolute atomic E-state index is 0.00204. The predicted octanol–water partition coefficient (Wildman–Crippen LogP) is 3.31. The van der Waals surface area contributed by atoms with E-state index in [1.54, 1.807) is 18.2 Å². The standard InChI is InChI=1S/C20H13Cl3N6O4/c1-8-4-9(2-3-12(8)21)11-7-15(30)26-27-19(11)33-16-13(22)5-10(6-14(16)23)29-20(32)25-18(31)17(24)28-29/h2-7H,1H3,(H2,24,28)(H,26,30)(H,25,31,32). The van der Waals surface area contributed by atoms with Crippen molar-refractivity contribution in [3.05, 3.63) is 88.2 Å². The average Bonchev–Trinajstić information content (AvgIpc) is 2.76. The van der Waals surface area contributed by atoms with E-state index in [0.29, 0.717) is 16.1 Å². The zero-order valence-electron chi connectivity index (χ0n) is 16.6. The van der Waals surface area contributed by atoms with E-state index in [2.05, 4.69) is 15.3 Å². The van der Waals surface area contributed by atoms with Gasteiger partial charge in [-0.15, -0.1) is 10.2 Å². The Labute approximate surface area is 199 Å². The summed E-state index contributed by atoms with van der Waals surface area (Å²) in [5.74, 6) is -0.377. The highest BCUT2D eigenvalue weighted by Gasteiger charge is 2.18. The molecule has 0 saturated heterocycles. The molecule has 13 heteroatoms. The minimum atomic E-state index is -0.835. The van der Waals surface area contributed by atoms with Crippen LogP contribution in [0, 0.1) is 6.92 Å². The molecule has 0 unspecified atom stereocenters. The Bertz CT molecular complexity index is 1550. The van der Waals surface area contributed by atoms with Crippen molar-refractivity contribution < 1.29 is 4.74 Å². The summed E-state index contributed by atoms with van der Waals surface area (Å²) in [7, 11) is 0. The molecule has 0 bridgehead atoms. The van der Waals surface area contributed by atoms with Gasteiger partial charge in [-0.1, -0.05) is 40.9 Å². The fourth-order valence-electron chi connectivity index (χ4n) is 2.94. The van der Waals surface area contributed by atoms with Gasteiger partial charge < -0.3 is 10.5 Å². The molecule has 0 atom stereocenters. The van der Waals surface area contributed by atoms with E-state index in [1.165, 1.54) is 18.2 Å². The quantitative estimate of drug-likeness (QED) is 0.383. The lowest BCUT2D eigenvalue weighted by atomic mass is 10.1. The highest BCUT2D eigenvalue weighted by molar-refractivity contribution is 6.37. The molecule has 0 amide bonds. The fraction of sp³-hybridized carbons (Fsp3) is 0.0500. The van der Waals surface area contributed by atoms with E-state index in [1.807, 2.05) is 11.9 Å². The van der Waals surface area contributed by atoms with Gasteiger partial charge in [0.1, 0.15) is 0 Å². The van der Waals surface area contributed by atoms with E-state index in [9.17, 15) is 14.4 Å². The molecule has 0 aliphatic rings. The monoisotopic (exact) mass is 506 g/mol. The van der Waals surface area contributed by atoms with Crippen molar-refractivity contribution >= 4 is 40.6 Å². The van der Waals surface area contributed by atoms with Crippen LogP contribution in [0.4, 0.5) is 5.82 Å². The molecule has 0 aliphatic heterocycles. The maximum Gasteiger partial charge on any atom is 0.349 e. The number of halogens is 3. The van der Waals surface area contributed by atoms with Gasteiger partial charge in [-0.3, -0.25) is 14.6 Å². The summed E-state index contributed by atoms with van der Waals surface area (Å²) in [5, 5.41) is 10.6. The Kier molecular flexibility index (Phi) is 5.98. The van der Waals surface area contributed by atoms with E-state index >= 15 is 0 Å². The van der Waals surface area contributed by atoms with Crippen LogP contribution >= 0.6 is 34.8 Å². The van der Waals surface area contributed by atoms with Crippen molar-refractivity contribution in [2.24, 2.45) is 0 Å². The van der Waals surface area contributed by atoms with Gasteiger partial charge in [0.15, 0.2) is 5.75 Å². The van der Waals surface area contributed by atoms with Crippen LogP contribution in [0.25, 0.3) is 16.8 Å². The first-order valence-corrected chi connectivity index (χ1v) is 10.3. The van der Waals surface area contributed by atoms with Crippen LogP contribution in [0.5, 0.6) is 11.6 Å². The van der Waals surface area contributed by atoms with Crippen LogP contribution < -0.4 is 27.3 Å². The number of aromatic nitrogens is 5. The molecular weight excluding hydrogens is 495 g/mol. The molecule has 0 radical (unpaired) electrons. The smallest absolute Gasteiger partial charge is 0.349 e. The van der Waals surface area contributed by atoms with Crippen LogP contribution in [-0.2, 0) is 0 Å². The van der Waals surface area contributed by atoms with Gasteiger partial charge >= 0.3 is 5.69 Å². The number of aromatic amines is 2. The van der Waals surface area contributed by atoms with E-state index in [-0.39, 0.29) is 27.4 Å². The third-order valence-electron chi connectivity index (χ3n) is 4.52. The third-order valence-corrected chi connectivity index (χ3v) is 5.51. The zero-order chi connectivity index (χ0) is 23.9. The molecule has 33 heavy (non-hydrogen) atoms. The number of benzene rings is 2. The molecule has 2 aromatic carbocycles. The maximum absolute atomic E-state index is 12.1. The first kappa shape index (κ1) is 22.6. The lowest BCUT2D eigenvalue weighted by molar-refractivity contribution is 0.456. The zero-order valence-corrected chi connectivity index (χ0v) is 18.9.